The Hall–Kier alpha value is -1.91. The molecule has 1 N–H and O–H groups in total. The smallest absolute Gasteiger partial charge is 0.229 e. The van der Waals surface area contributed by atoms with Crippen molar-refractivity contribution in [1.29, 1.82) is 0 Å². The Morgan fingerprint density at radius 3 is 2.36 bits per heavy atom. The molecule has 1 amide bonds. The molecule has 0 heterocycles. The number of hydrogen-bond acceptors (Lipinski definition) is 3. The molecule has 0 aliphatic heterocycles. The van der Waals surface area contributed by atoms with E-state index in [1.165, 1.54) is 7.11 Å². The van der Waals surface area contributed by atoms with Crippen molar-refractivity contribution in [3.8, 4) is 11.5 Å². The summed E-state index contributed by atoms with van der Waals surface area (Å²) in [6.07, 6.45) is 0.0683. The highest BCUT2D eigenvalue weighted by molar-refractivity contribution is 6.36. The molecule has 0 atom stereocenters. The Labute approximate surface area is 138 Å². The standard InChI is InChI=1S/C16H15Cl2NO3/c1-21-10-6-7-15(22-2)14(8-10)19-16(20)9-11-12(17)4-3-5-13(11)18/h3-8H,9H2,1-2H3,(H,19,20). The number of rotatable bonds is 5. The summed E-state index contributed by atoms with van der Waals surface area (Å²) in [5.41, 5.74) is 1.11. The minimum atomic E-state index is -0.249. The van der Waals surface area contributed by atoms with Gasteiger partial charge in [0, 0.05) is 16.1 Å². The van der Waals surface area contributed by atoms with Gasteiger partial charge < -0.3 is 14.8 Å². The fraction of sp³-hybridized carbons (Fsp3) is 0.188. The van der Waals surface area contributed by atoms with Gasteiger partial charge in [0.25, 0.3) is 0 Å². The number of amides is 1. The van der Waals surface area contributed by atoms with Crippen LogP contribution in [0.2, 0.25) is 10.0 Å². The molecule has 0 spiro atoms. The van der Waals surface area contributed by atoms with E-state index >= 15 is 0 Å². The Bertz CT molecular complexity index is 669. The van der Waals surface area contributed by atoms with E-state index in [1.807, 2.05) is 0 Å². The molecule has 0 radical (unpaired) electrons. The van der Waals surface area contributed by atoms with E-state index in [-0.39, 0.29) is 12.3 Å². The van der Waals surface area contributed by atoms with Crippen LogP contribution in [-0.2, 0) is 11.2 Å². The van der Waals surface area contributed by atoms with Crippen LogP contribution in [0.25, 0.3) is 0 Å². The first kappa shape index (κ1) is 16.5. The zero-order valence-electron chi connectivity index (χ0n) is 12.2. The van der Waals surface area contributed by atoms with Crippen molar-refractivity contribution in [1.82, 2.24) is 0 Å². The largest absolute Gasteiger partial charge is 0.497 e. The number of anilines is 1. The number of carbonyl (C=O) groups excluding carboxylic acids is 1. The summed E-state index contributed by atoms with van der Waals surface area (Å²) in [5.74, 6) is 0.910. The molecule has 2 aromatic carbocycles. The van der Waals surface area contributed by atoms with Crippen LogP contribution in [0.4, 0.5) is 5.69 Å². The summed E-state index contributed by atoms with van der Waals surface area (Å²) >= 11 is 12.1. The van der Waals surface area contributed by atoms with E-state index in [9.17, 15) is 4.79 Å². The molecule has 22 heavy (non-hydrogen) atoms. The maximum Gasteiger partial charge on any atom is 0.229 e. The maximum atomic E-state index is 12.2. The molecule has 4 nitrogen and oxygen atoms in total. The number of nitrogens with one attached hydrogen (secondary N) is 1. The van der Waals surface area contributed by atoms with Crippen molar-refractivity contribution in [2.75, 3.05) is 19.5 Å². The molecule has 0 saturated heterocycles. The van der Waals surface area contributed by atoms with Crippen molar-refractivity contribution in [3.05, 3.63) is 52.0 Å². The zero-order valence-corrected chi connectivity index (χ0v) is 13.7. The molecule has 0 bridgehead atoms. The summed E-state index contributed by atoms with van der Waals surface area (Å²) in [6, 6.07) is 10.3. The monoisotopic (exact) mass is 339 g/mol. The lowest BCUT2D eigenvalue weighted by Crippen LogP contribution is -2.15. The molecule has 0 saturated carbocycles. The lowest BCUT2D eigenvalue weighted by molar-refractivity contribution is -0.115. The number of carbonyl (C=O) groups is 1. The van der Waals surface area contributed by atoms with Gasteiger partial charge in [-0.2, -0.15) is 0 Å². The van der Waals surface area contributed by atoms with E-state index in [4.69, 9.17) is 32.7 Å². The quantitative estimate of drug-likeness (QED) is 0.888. The fourth-order valence-electron chi connectivity index (χ4n) is 1.97. The molecule has 0 aliphatic rings. The first-order valence-corrected chi connectivity index (χ1v) is 7.25. The van der Waals surface area contributed by atoms with Gasteiger partial charge in [-0.3, -0.25) is 4.79 Å². The second-order valence-corrected chi connectivity index (χ2v) is 5.31. The van der Waals surface area contributed by atoms with Crippen LogP contribution in [0, 0.1) is 0 Å². The van der Waals surface area contributed by atoms with E-state index in [1.54, 1.807) is 43.5 Å². The topological polar surface area (TPSA) is 47.6 Å². The summed E-state index contributed by atoms with van der Waals surface area (Å²) in [5, 5.41) is 3.70. The fourth-order valence-corrected chi connectivity index (χ4v) is 2.50. The zero-order chi connectivity index (χ0) is 16.1. The molecular formula is C16H15Cl2NO3. The Kier molecular flexibility index (Phi) is 5.52. The van der Waals surface area contributed by atoms with Gasteiger partial charge in [0.2, 0.25) is 5.91 Å². The summed E-state index contributed by atoms with van der Waals surface area (Å²) < 4.78 is 10.4. The lowest BCUT2D eigenvalue weighted by atomic mass is 10.1. The number of benzene rings is 2. The Morgan fingerprint density at radius 1 is 1.09 bits per heavy atom. The van der Waals surface area contributed by atoms with Gasteiger partial charge in [-0.15, -0.1) is 0 Å². The highest BCUT2D eigenvalue weighted by Gasteiger charge is 2.13. The van der Waals surface area contributed by atoms with Crippen molar-refractivity contribution >= 4 is 34.8 Å². The van der Waals surface area contributed by atoms with E-state index < -0.39 is 0 Å². The minimum absolute atomic E-state index is 0.0683. The van der Waals surface area contributed by atoms with Crippen molar-refractivity contribution in [2.45, 2.75) is 6.42 Å². The van der Waals surface area contributed by atoms with Crippen LogP contribution in [0.5, 0.6) is 11.5 Å². The van der Waals surface area contributed by atoms with Gasteiger partial charge in [0.1, 0.15) is 11.5 Å². The minimum Gasteiger partial charge on any atom is -0.497 e. The van der Waals surface area contributed by atoms with Gasteiger partial charge in [-0.1, -0.05) is 29.3 Å². The first-order valence-electron chi connectivity index (χ1n) is 6.50. The van der Waals surface area contributed by atoms with Crippen molar-refractivity contribution in [2.24, 2.45) is 0 Å². The molecule has 6 heteroatoms. The molecule has 2 rings (SSSR count). The average Bonchev–Trinajstić information content (AvgIpc) is 2.51. The van der Waals surface area contributed by atoms with Crippen LogP contribution in [0.15, 0.2) is 36.4 Å². The van der Waals surface area contributed by atoms with Crippen molar-refractivity contribution in [3.63, 3.8) is 0 Å². The van der Waals surface area contributed by atoms with Crippen molar-refractivity contribution < 1.29 is 14.3 Å². The Morgan fingerprint density at radius 2 is 1.77 bits per heavy atom. The van der Waals surface area contributed by atoms with Crippen LogP contribution in [0.3, 0.4) is 0 Å². The van der Waals surface area contributed by atoms with E-state index in [0.717, 1.165) is 0 Å². The third kappa shape index (κ3) is 3.84. The van der Waals surface area contributed by atoms with Crippen LogP contribution < -0.4 is 14.8 Å². The number of methoxy groups -OCH3 is 2. The number of hydrogen-bond donors (Lipinski definition) is 1. The van der Waals surface area contributed by atoms with Gasteiger partial charge in [-0.05, 0) is 29.8 Å². The second kappa shape index (κ2) is 7.38. The number of ether oxygens (including phenoxy) is 2. The summed E-state index contributed by atoms with van der Waals surface area (Å²) in [4.78, 5) is 12.2. The van der Waals surface area contributed by atoms with E-state index in [0.29, 0.717) is 32.8 Å². The third-order valence-corrected chi connectivity index (χ3v) is 3.79. The van der Waals surface area contributed by atoms with Crippen LogP contribution >= 0.6 is 23.2 Å². The molecule has 0 aromatic heterocycles. The molecule has 0 fully saturated rings. The third-order valence-electron chi connectivity index (χ3n) is 3.08. The number of halogens is 2. The molecule has 0 unspecified atom stereocenters. The van der Waals surface area contributed by atoms with Gasteiger partial charge in [-0.25, -0.2) is 0 Å². The van der Waals surface area contributed by atoms with Gasteiger partial charge in [0.15, 0.2) is 0 Å². The SMILES string of the molecule is COc1ccc(OC)c(NC(=O)Cc2c(Cl)cccc2Cl)c1. The molecule has 0 aliphatic carbocycles. The molecule has 2 aromatic rings. The predicted molar refractivity (Wildman–Crippen MR) is 88.3 cm³/mol. The van der Waals surface area contributed by atoms with Crippen LogP contribution in [-0.4, -0.2) is 20.1 Å². The highest BCUT2D eigenvalue weighted by atomic mass is 35.5. The second-order valence-electron chi connectivity index (χ2n) is 4.49. The predicted octanol–water partition coefficient (Wildman–Crippen LogP) is 4.19. The van der Waals surface area contributed by atoms with Crippen LogP contribution in [0.1, 0.15) is 5.56 Å². The maximum absolute atomic E-state index is 12.2. The Balaban J connectivity index is 2.19. The average molecular weight is 340 g/mol. The normalized spacial score (nSPS) is 10.2. The first-order chi connectivity index (χ1) is 10.5. The highest BCUT2D eigenvalue weighted by Crippen LogP contribution is 2.30. The van der Waals surface area contributed by atoms with Gasteiger partial charge >= 0.3 is 0 Å². The lowest BCUT2D eigenvalue weighted by Gasteiger charge is -2.12. The van der Waals surface area contributed by atoms with Gasteiger partial charge in [0.05, 0.1) is 26.3 Å². The summed E-state index contributed by atoms with van der Waals surface area (Å²) in [6.45, 7) is 0. The molecule has 116 valence electrons. The van der Waals surface area contributed by atoms with E-state index in [2.05, 4.69) is 5.32 Å². The summed E-state index contributed by atoms with van der Waals surface area (Å²) in [7, 11) is 3.08. The molecular weight excluding hydrogens is 325 g/mol.